The Balaban J connectivity index is 3.26. The van der Waals surface area contributed by atoms with E-state index < -0.39 is 12.0 Å². The zero-order valence-corrected chi connectivity index (χ0v) is 8.53. The summed E-state index contributed by atoms with van der Waals surface area (Å²) in [7, 11) is 0. The number of hydroxylamine groups is 1. The van der Waals surface area contributed by atoms with Crippen LogP contribution < -0.4 is 11.2 Å². The molecule has 0 radical (unpaired) electrons. The van der Waals surface area contributed by atoms with Crippen molar-refractivity contribution in [3.05, 3.63) is 0 Å². The number of rotatable bonds is 8. The van der Waals surface area contributed by atoms with Gasteiger partial charge in [-0.1, -0.05) is 0 Å². The summed E-state index contributed by atoms with van der Waals surface area (Å²) in [5, 5.41) is 9.28. The summed E-state index contributed by atoms with van der Waals surface area (Å²) in [6.07, 6.45) is -0.582. The first kappa shape index (κ1) is 13.3. The number of hydrogen-bond acceptors (Lipinski definition) is 5. The Kier molecular flexibility index (Phi) is 7.31. The fourth-order valence-corrected chi connectivity index (χ4v) is 0.640. The van der Waals surface area contributed by atoms with Gasteiger partial charge < -0.3 is 15.6 Å². The number of hydrogen-bond donors (Lipinski definition) is 3. The van der Waals surface area contributed by atoms with Gasteiger partial charge in [0, 0.05) is 6.54 Å². The van der Waals surface area contributed by atoms with Crippen molar-refractivity contribution < 1.29 is 19.5 Å². The van der Waals surface area contributed by atoms with Crippen LogP contribution in [0.5, 0.6) is 0 Å². The molecular formula is C8H18N2O4. The van der Waals surface area contributed by atoms with Gasteiger partial charge >= 0.3 is 0 Å². The lowest BCUT2D eigenvalue weighted by Crippen LogP contribution is -2.33. The Morgan fingerprint density at radius 2 is 2.21 bits per heavy atom. The summed E-state index contributed by atoms with van der Waals surface area (Å²) in [5.74, 6) is -0.564. The number of amides is 1. The molecule has 0 bridgehead atoms. The molecule has 0 spiro atoms. The van der Waals surface area contributed by atoms with Crippen LogP contribution >= 0.6 is 0 Å². The van der Waals surface area contributed by atoms with Gasteiger partial charge in [-0.25, -0.2) is 0 Å². The number of ether oxygens (including phenoxy) is 1. The molecule has 0 heterocycles. The van der Waals surface area contributed by atoms with Crippen LogP contribution in [-0.2, 0) is 14.4 Å². The van der Waals surface area contributed by atoms with Crippen molar-refractivity contribution in [3.8, 4) is 0 Å². The first-order chi connectivity index (χ1) is 6.52. The van der Waals surface area contributed by atoms with Crippen LogP contribution in [0.3, 0.4) is 0 Å². The maximum absolute atomic E-state index is 10.2. The Labute approximate surface area is 83.3 Å². The van der Waals surface area contributed by atoms with Crippen molar-refractivity contribution in [3.63, 3.8) is 0 Å². The van der Waals surface area contributed by atoms with Crippen molar-refractivity contribution in [1.82, 2.24) is 5.48 Å². The van der Waals surface area contributed by atoms with Crippen LogP contribution in [0, 0.1) is 0 Å². The van der Waals surface area contributed by atoms with Gasteiger partial charge in [-0.3, -0.25) is 9.63 Å². The molecule has 4 N–H and O–H groups in total. The molecular weight excluding hydrogens is 188 g/mol. The molecule has 0 saturated carbocycles. The molecule has 0 aliphatic rings. The molecule has 6 heteroatoms. The van der Waals surface area contributed by atoms with Crippen LogP contribution in [0.4, 0.5) is 0 Å². The van der Waals surface area contributed by atoms with E-state index in [1.807, 2.05) is 13.8 Å². The molecule has 0 aliphatic carbocycles. The average molecular weight is 206 g/mol. The molecule has 0 aromatic heterocycles. The minimum absolute atomic E-state index is 0.0798. The number of carbonyl (C=O) groups is 1. The van der Waals surface area contributed by atoms with E-state index in [1.54, 1.807) is 0 Å². The van der Waals surface area contributed by atoms with Crippen molar-refractivity contribution in [1.29, 1.82) is 0 Å². The minimum atomic E-state index is -0.662. The standard InChI is InChI=1S/C8H18N2O4/c1-6(2)13-4-7(11)3-10-14-5-8(9)12/h6-7,10-11H,3-5H2,1-2H3,(H2,9,12). The SMILES string of the molecule is CC(C)OCC(O)CNOCC(N)=O. The Morgan fingerprint density at radius 3 is 2.71 bits per heavy atom. The second-order valence-corrected chi connectivity index (χ2v) is 3.14. The number of aliphatic hydroxyl groups excluding tert-OH is 1. The van der Waals surface area contributed by atoms with Crippen LogP contribution in [-0.4, -0.2) is 43.0 Å². The fraction of sp³-hybridized carbons (Fsp3) is 0.875. The highest BCUT2D eigenvalue weighted by atomic mass is 16.6. The number of nitrogens with two attached hydrogens (primary N) is 1. The van der Waals surface area contributed by atoms with Crippen molar-refractivity contribution >= 4 is 5.91 Å². The summed E-state index contributed by atoms with van der Waals surface area (Å²) in [5.41, 5.74) is 7.23. The Bertz CT molecular complexity index is 163. The van der Waals surface area contributed by atoms with E-state index in [0.29, 0.717) is 0 Å². The molecule has 14 heavy (non-hydrogen) atoms. The zero-order chi connectivity index (χ0) is 11.0. The maximum Gasteiger partial charge on any atom is 0.245 e. The van der Waals surface area contributed by atoms with Gasteiger partial charge in [0.05, 0.1) is 18.8 Å². The first-order valence-electron chi connectivity index (χ1n) is 4.45. The quantitative estimate of drug-likeness (QED) is 0.342. The molecule has 0 aromatic carbocycles. The maximum atomic E-state index is 10.2. The van der Waals surface area contributed by atoms with Gasteiger partial charge in [0.2, 0.25) is 5.91 Å². The lowest BCUT2D eigenvalue weighted by Gasteiger charge is -2.13. The van der Waals surface area contributed by atoms with E-state index in [2.05, 4.69) is 10.3 Å². The topological polar surface area (TPSA) is 93.8 Å². The highest BCUT2D eigenvalue weighted by Crippen LogP contribution is 1.90. The third-order valence-corrected chi connectivity index (χ3v) is 1.26. The lowest BCUT2D eigenvalue weighted by molar-refractivity contribution is -0.126. The molecule has 1 amide bonds. The van der Waals surface area contributed by atoms with E-state index in [9.17, 15) is 9.90 Å². The van der Waals surface area contributed by atoms with Gasteiger partial charge in [0.15, 0.2) is 0 Å². The molecule has 0 rings (SSSR count). The van der Waals surface area contributed by atoms with Crippen LogP contribution in [0.25, 0.3) is 0 Å². The average Bonchev–Trinajstić information content (AvgIpc) is 2.08. The third-order valence-electron chi connectivity index (χ3n) is 1.26. The number of carbonyl (C=O) groups excluding carboxylic acids is 1. The zero-order valence-electron chi connectivity index (χ0n) is 8.53. The summed E-state index contributed by atoms with van der Waals surface area (Å²) in [6, 6.07) is 0. The van der Waals surface area contributed by atoms with E-state index in [-0.39, 0.29) is 25.9 Å². The molecule has 0 saturated heterocycles. The number of primary amides is 1. The van der Waals surface area contributed by atoms with Crippen LogP contribution in [0.1, 0.15) is 13.8 Å². The summed E-state index contributed by atoms with van der Waals surface area (Å²) < 4.78 is 5.14. The number of aliphatic hydroxyl groups is 1. The molecule has 1 atom stereocenters. The first-order valence-corrected chi connectivity index (χ1v) is 4.45. The molecule has 1 unspecified atom stereocenters. The monoisotopic (exact) mass is 206 g/mol. The molecule has 6 nitrogen and oxygen atoms in total. The summed E-state index contributed by atoms with van der Waals surface area (Å²) in [4.78, 5) is 14.9. The van der Waals surface area contributed by atoms with Gasteiger partial charge in [-0.2, -0.15) is 5.48 Å². The predicted octanol–water partition coefficient (Wildman–Crippen LogP) is -1.22. The lowest BCUT2D eigenvalue weighted by atomic mass is 10.4. The minimum Gasteiger partial charge on any atom is -0.389 e. The van der Waals surface area contributed by atoms with E-state index in [4.69, 9.17) is 10.5 Å². The van der Waals surface area contributed by atoms with Crippen LogP contribution in [0.15, 0.2) is 0 Å². The molecule has 0 fully saturated rings. The van der Waals surface area contributed by atoms with Gasteiger partial charge in [-0.15, -0.1) is 0 Å². The Hall–Kier alpha value is -0.690. The van der Waals surface area contributed by atoms with Crippen LogP contribution in [0.2, 0.25) is 0 Å². The molecule has 0 aliphatic heterocycles. The largest absolute Gasteiger partial charge is 0.389 e. The molecule has 0 aromatic rings. The van der Waals surface area contributed by atoms with Gasteiger partial charge in [-0.05, 0) is 13.8 Å². The Morgan fingerprint density at radius 1 is 1.57 bits per heavy atom. The fourth-order valence-electron chi connectivity index (χ4n) is 0.640. The van der Waals surface area contributed by atoms with Crippen molar-refractivity contribution in [2.24, 2.45) is 5.73 Å². The van der Waals surface area contributed by atoms with E-state index in [1.165, 1.54) is 0 Å². The second-order valence-electron chi connectivity index (χ2n) is 3.14. The number of nitrogens with one attached hydrogen (secondary N) is 1. The molecule has 84 valence electrons. The second kappa shape index (κ2) is 7.69. The highest BCUT2D eigenvalue weighted by Gasteiger charge is 2.05. The smallest absolute Gasteiger partial charge is 0.245 e. The highest BCUT2D eigenvalue weighted by molar-refractivity contribution is 5.74. The van der Waals surface area contributed by atoms with E-state index >= 15 is 0 Å². The predicted molar refractivity (Wildman–Crippen MR) is 50.2 cm³/mol. The van der Waals surface area contributed by atoms with Gasteiger partial charge in [0.25, 0.3) is 0 Å². The van der Waals surface area contributed by atoms with Gasteiger partial charge in [0.1, 0.15) is 6.61 Å². The van der Waals surface area contributed by atoms with E-state index in [0.717, 1.165) is 0 Å². The van der Waals surface area contributed by atoms with Crippen molar-refractivity contribution in [2.75, 3.05) is 19.8 Å². The normalized spacial score (nSPS) is 13.1. The van der Waals surface area contributed by atoms with Crippen molar-refractivity contribution in [2.45, 2.75) is 26.1 Å². The summed E-state index contributed by atoms with van der Waals surface area (Å²) in [6.45, 7) is 3.97. The summed E-state index contributed by atoms with van der Waals surface area (Å²) >= 11 is 0. The third kappa shape index (κ3) is 9.40.